The summed E-state index contributed by atoms with van der Waals surface area (Å²) in [7, 11) is 0. The van der Waals surface area contributed by atoms with Crippen molar-refractivity contribution in [1.82, 2.24) is 10.2 Å². The quantitative estimate of drug-likeness (QED) is 0.905. The Bertz CT molecular complexity index is 902. The summed E-state index contributed by atoms with van der Waals surface area (Å²) in [5.74, 6) is -0.385. The van der Waals surface area contributed by atoms with Gasteiger partial charge in [-0.05, 0) is 29.7 Å². The zero-order chi connectivity index (χ0) is 19.2. The van der Waals surface area contributed by atoms with Crippen LogP contribution in [0.5, 0.6) is 0 Å². The fourth-order valence-electron chi connectivity index (χ4n) is 2.87. The number of nitrogens with one attached hydrogen (secondary N) is 1. The third-order valence-electron chi connectivity index (χ3n) is 4.28. The van der Waals surface area contributed by atoms with Gasteiger partial charge < -0.3 is 10.1 Å². The van der Waals surface area contributed by atoms with Gasteiger partial charge >= 0.3 is 6.09 Å². The molecule has 1 N–H and O–H groups in total. The summed E-state index contributed by atoms with van der Waals surface area (Å²) < 4.78 is 5.14. The number of nitriles is 1. The lowest BCUT2D eigenvalue weighted by atomic mass is 9.96. The first-order valence-electron chi connectivity index (χ1n) is 8.56. The highest BCUT2D eigenvalue weighted by atomic mass is 16.5. The van der Waals surface area contributed by atoms with Crippen LogP contribution in [0.4, 0.5) is 4.79 Å². The van der Waals surface area contributed by atoms with E-state index >= 15 is 0 Å². The van der Waals surface area contributed by atoms with Crippen molar-refractivity contribution in [2.75, 3.05) is 0 Å². The number of hydrogen-bond acceptors (Lipinski definition) is 4. The standard InChI is InChI=1S/C21H19N3O3/c1-15(23-21(26)27-14-16-7-3-2-4-8-16)20(25)24-12-11-17-9-5-6-10-18(17)19(24)13-22/h2-12,15,19H,14H2,1H3,(H,23,26)/t15-,19?/m0/s1. The molecule has 0 aliphatic carbocycles. The number of amides is 2. The van der Waals surface area contributed by atoms with E-state index < -0.39 is 18.2 Å². The SMILES string of the molecule is C[C@H](NC(=O)OCc1ccccc1)C(=O)N1C=Cc2ccccc2C1C#N. The molecule has 6 nitrogen and oxygen atoms in total. The van der Waals surface area contributed by atoms with Gasteiger partial charge in [-0.1, -0.05) is 54.6 Å². The lowest BCUT2D eigenvalue weighted by Gasteiger charge is -2.30. The second-order valence-electron chi connectivity index (χ2n) is 6.15. The van der Waals surface area contributed by atoms with Gasteiger partial charge in [-0.3, -0.25) is 9.69 Å². The highest BCUT2D eigenvalue weighted by Crippen LogP contribution is 2.30. The van der Waals surface area contributed by atoms with Crippen molar-refractivity contribution in [3.8, 4) is 6.07 Å². The van der Waals surface area contributed by atoms with Crippen molar-refractivity contribution in [1.29, 1.82) is 5.26 Å². The number of alkyl carbamates (subject to hydrolysis) is 1. The van der Waals surface area contributed by atoms with Crippen LogP contribution >= 0.6 is 0 Å². The Labute approximate surface area is 157 Å². The van der Waals surface area contributed by atoms with E-state index in [-0.39, 0.29) is 12.5 Å². The highest BCUT2D eigenvalue weighted by molar-refractivity contribution is 5.88. The minimum Gasteiger partial charge on any atom is -0.445 e. The Morgan fingerprint density at radius 1 is 1.19 bits per heavy atom. The maximum absolute atomic E-state index is 12.7. The summed E-state index contributed by atoms with van der Waals surface area (Å²) in [6.07, 6.45) is 2.67. The van der Waals surface area contributed by atoms with Crippen molar-refractivity contribution < 1.29 is 14.3 Å². The molecule has 6 heteroatoms. The van der Waals surface area contributed by atoms with E-state index in [0.717, 1.165) is 16.7 Å². The molecule has 0 fully saturated rings. The van der Waals surface area contributed by atoms with Gasteiger partial charge in [-0.25, -0.2) is 4.79 Å². The van der Waals surface area contributed by atoms with Gasteiger partial charge in [0, 0.05) is 6.20 Å². The topological polar surface area (TPSA) is 82.4 Å². The summed E-state index contributed by atoms with van der Waals surface area (Å²) >= 11 is 0. The van der Waals surface area contributed by atoms with Crippen LogP contribution in [0.2, 0.25) is 0 Å². The molecule has 3 rings (SSSR count). The molecule has 2 atom stereocenters. The number of carbonyl (C=O) groups excluding carboxylic acids is 2. The molecule has 1 heterocycles. The van der Waals surface area contributed by atoms with Crippen molar-refractivity contribution in [3.63, 3.8) is 0 Å². The largest absolute Gasteiger partial charge is 0.445 e. The molecule has 2 aromatic rings. The number of fused-ring (bicyclic) bond motifs is 1. The fraction of sp³-hybridized carbons (Fsp3) is 0.190. The third kappa shape index (κ3) is 4.15. The molecule has 0 saturated heterocycles. The van der Waals surface area contributed by atoms with Crippen molar-refractivity contribution in [3.05, 3.63) is 77.5 Å². The second-order valence-corrected chi connectivity index (χ2v) is 6.15. The normalized spacial score (nSPS) is 16.0. The van der Waals surface area contributed by atoms with E-state index in [1.165, 1.54) is 4.90 Å². The first kappa shape index (κ1) is 18.2. The zero-order valence-electron chi connectivity index (χ0n) is 14.8. The predicted molar refractivity (Wildman–Crippen MR) is 99.9 cm³/mol. The van der Waals surface area contributed by atoms with Gasteiger partial charge in [0.2, 0.25) is 5.91 Å². The van der Waals surface area contributed by atoms with Crippen LogP contribution in [-0.4, -0.2) is 22.9 Å². The zero-order valence-corrected chi connectivity index (χ0v) is 14.8. The van der Waals surface area contributed by atoms with Crippen molar-refractivity contribution in [2.45, 2.75) is 25.6 Å². The molecule has 1 unspecified atom stereocenters. The number of nitrogens with zero attached hydrogens (tertiary/aromatic N) is 2. The van der Waals surface area contributed by atoms with E-state index in [4.69, 9.17) is 4.74 Å². The summed E-state index contributed by atoms with van der Waals surface area (Å²) in [6, 6.07) is 17.3. The Kier molecular flexibility index (Phi) is 5.53. The monoisotopic (exact) mass is 361 g/mol. The van der Waals surface area contributed by atoms with Gasteiger partial charge in [-0.2, -0.15) is 5.26 Å². The molecular weight excluding hydrogens is 342 g/mol. The minimum absolute atomic E-state index is 0.116. The molecule has 0 bridgehead atoms. The molecule has 0 radical (unpaired) electrons. The molecule has 2 aromatic carbocycles. The lowest BCUT2D eigenvalue weighted by molar-refractivity contribution is -0.131. The average molecular weight is 361 g/mol. The van der Waals surface area contributed by atoms with Gasteiger partial charge in [0.25, 0.3) is 0 Å². The molecule has 0 saturated carbocycles. The van der Waals surface area contributed by atoms with Crippen LogP contribution in [-0.2, 0) is 16.1 Å². The van der Waals surface area contributed by atoms with E-state index in [9.17, 15) is 14.9 Å². The first-order chi connectivity index (χ1) is 13.1. The van der Waals surface area contributed by atoms with Crippen molar-refractivity contribution >= 4 is 18.1 Å². The predicted octanol–water partition coefficient (Wildman–Crippen LogP) is 3.38. The van der Waals surface area contributed by atoms with Crippen LogP contribution in [0.15, 0.2) is 60.8 Å². The van der Waals surface area contributed by atoms with E-state index in [1.54, 1.807) is 19.2 Å². The maximum Gasteiger partial charge on any atom is 0.408 e. The van der Waals surface area contributed by atoms with Crippen molar-refractivity contribution in [2.24, 2.45) is 0 Å². The van der Waals surface area contributed by atoms with Crippen LogP contribution in [0.25, 0.3) is 6.08 Å². The Morgan fingerprint density at radius 3 is 2.63 bits per heavy atom. The molecule has 2 amide bonds. The molecular formula is C21H19N3O3. The number of hydrogen-bond donors (Lipinski definition) is 1. The van der Waals surface area contributed by atoms with E-state index in [2.05, 4.69) is 11.4 Å². The summed E-state index contributed by atoms with van der Waals surface area (Å²) in [5.41, 5.74) is 2.51. The fourth-order valence-corrected chi connectivity index (χ4v) is 2.87. The molecule has 27 heavy (non-hydrogen) atoms. The molecule has 136 valence electrons. The summed E-state index contributed by atoms with van der Waals surface area (Å²) in [6.45, 7) is 1.68. The Balaban J connectivity index is 1.62. The van der Waals surface area contributed by atoms with E-state index in [1.807, 2.05) is 54.6 Å². The van der Waals surface area contributed by atoms with Gasteiger partial charge in [-0.15, -0.1) is 0 Å². The molecule has 1 aliphatic rings. The molecule has 0 aromatic heterocycles. The minimum atomic E-state index is -0.834. The summed E-state index contributed by atoms with van der Waals surface area (Å²) in [4.78, 5) is 26.1. The molecule has 1 aliphatic heterocycles. The van der Waals surface area contributed by atoms with E-state index in [0.29, 0.717) is 0 Å². The van der Waals surface area contributed by atoms with Gasteiger partial charge in [0.1, 0.15) is 18.7 Å². The number of benzene rings is 2. The van der Waals surface area contributed by atoms with Crippen LogP contribution in [0, 0.1) is 11.3 Å². The van der Waals surface area contributed by atoms with Crippen LogP contribution < -0.4 is 5.32 Å². The number of rotatable bonds is 4. The van der Waals surface area contributed by atoms with Crippen LogP contribution in [0.3, 0.4) is 0 Å². The summed E-state index contributed by atoms with van der Waals surface area (Å²) in [5, 5.41) is 12.1. The first-order valence-corrected chi connectivity index (χ1v) is 8.56. The molecule has 0 spiro atoms. The number of carbonyl (C=O) groups is 2. The Hall–Kier alpha value is -3.59. The second kappa shape index (κ2) is 8.19. The Morgan fingerprint density at radius 2 is 1.89 bits per heavy atom. The average Bonchev–Trinajstić information content (AvgIpc) is 2.71. The smallest absolute Gasteiger partial charge is 0.408 e. The lowest BCUT2D eigenvalue weighted by Crippen LogP contribution is -2.46. The third-order valence-corrected chi connectivity index (χ3v) is 4.28. The van der Waals surface area contributed by atoms with Crippen LogP contribution in [0.1, 0.15) is 29.7 Å². The van der Waals surface area contributed by atoms with Gasteiger partial charge in [0.05, 0.1) is 6.07 Å². The van der Waals surface area contributed by atoms with Gasteiger partial charge in [0.15, 0.2) is 0 Å². The number of ether oxygens (including phenoxy) is 1. The highest BCUT2D eigenvalue weighted by Gasteiger charge is 2.31. The maximum atomic E-state index is 12.7.